The van der Waals surface area contributed by atoms with Gasteiger partial charge < -0.3 is 24.8 Å². The first-order valence-electron chi connectivity index (χ1n) is 12.1. The molecule has 1 heterocycles. The number of carboxylic acids is 1. The van der Waals surface area contributed by atoms with Gasteiger partial charge in [-0.25, -0.2) is 4.79 Å². The van der Waals surface area contributed by atoms with E-state index in [1.54, 1.807) is 4.90 Å². The number of benzene rings is 2. The molecule has 1 fully saturated rings. The summed E-state index contributed by atoms with van der Waals surface area (Å²) >= 11 is 0. The van der Waals surface area contributed by atoms with Gasteiger partial charge in [-0.05, 0) is 41.5 Å². The zero-order valence-electron chi connectivity index (χ0n) is 19.9. The predicted octanol–water partition coefficient (Wildman–Crippen LogP) is 3.79. The monoisotopic (exact) mass is 480 g/mol. The third-order valence-electron chi connectivity index (χ3n) is 6.94. The molecule has 0 spiro atoms. The number of nitrogens with one attached hydrogen (secondary N) is 1. The van der Waals surface area contributed by atoms with Crippen LogP contribution in [0.4, 0.5) is 4.79 Å². The van der Waals surface area contributed by atoms with E-state index in [0.29, 0.717) is 13.0 Å². The highest BCUT2D eigenvalue weighted by molar-refractivity contribution is 5.79. The van der Waals surface area contributed by atoms with E-state index < -0.39 is 18.2 Å². The van der Waals surface area contributed by atoms with Crippen LogP contribution in [0.3, 0.4) is 0 Å². The topological polar surface area (TPSA) is 105 Å². The Kier molecular flexibility index (Phi) is 8.02. The second kappa shape index (κ2) is 11.4. The lowest BCUT2D eigenvalue weighted by Crippen LogP contribution is -2.41. The van der Waals surface area contributed by atoms with E-state index in [1.807, 2.05) is 24.3 Å². The minimum absolute atomic E-state index is 0.0224. The fourth-order valence-electron chi connectivity index (χ4n) is 5.15. The number of alkyl carbamates (subject to hydrolysis) is 1. The van der Waals surface area contributed by atoms with Gasteiger partial charge in [0.15, 0.2) is 0 Å². The van der Waals surface area contributed by atoms with Crippen LogP contribution in [0.2, 0.25) is 0 Å². The molecule has 0 saturated carbocycles. The number of amides is 2. The predicted molar refractivity (Wildman–Crippen MR) is 130 cm³/mol. The van der Waals surface area contributed by atoms with Crippen LogP contribution in [0.15, 0.2) is 48.5 Å². The van der Waals surface area contributed by atoms with Crippen molar-refractivity contribution in [3.05, 3.63) is 59.7 Å². The van der Waals surface area contributed by atoms with Gasteiger partial charge in [0.1, 0.15) is 6.61 Å². The fraction of sp³-hybridized carbons (Fsp3) is 0.444. The quantitative estimate of drug-likeness (QED) is 0.536. The number of aliphatic carboxylic acids is 1. The van der Waals surface area contributed by atoms with Crippen molar-refractivity contribution >= 4 is 18.0 Å². The highest BCUT2D eigenvalue weighted by Crippen LogP contribution is 2.44. The number of carbonyl (C=O) groups excluding carboxylic acids is 2. The van der Waals surface area contributed by atoms with Crippen molar-refractivity contribution in [3.8, 4) is 11.1 Å². The lowest BCUT2D eigenvalue weighted by atomic mass is 9.98. The summed E-state index contributed by atoms with van der Waals surface area (Å²) in [6, 6.07) is 16.2. The van der Waals surface area contributed by atoms with E-state index in [4.69, 9.17) is 14.6 Å². The molecule has 8 heteroatoms. The van der Waals surface area contributed by atoms with Gasteiger partial charge in [0.25, 0.3) is 0 Å². The van der Waals surface area contributed by atoms with Crippen molar-refractivity contribution in [1.29, 1.82) is 0 Å². The second-order valence-electron chi connectivity index (χ2n) is 9.08. The van der Waals surface area contributed by atoms with E-state index in [0.717, 1.165) is 24.0 Å². The van der Waals surface area contributed by atoms with E-state index in [9.17, 15) is 14.4 Å². The molecule has 2 N–H and O–H groups in total. The van der Waals surface area contributed by atoms with Crippen LogP contribution in [-0.2, 0) is 19.1 Å². The van der Waals surface area contributed by atoms with Crippen molar-refractivity contribution in [3.63, 3.8) is 0 Å². The third kappa shape index (κ3) is 5.82. The Hall–Kier alpha value is -3.39. The molecular weight excluding hydrogens is 448 g/mol. The third-order valence-corrected chi connectivity index (χ3v) is 6.94. The first-order chi connectivity index (χ1) is 17.0. The highest BCUT2D eigenvalue weighted by atomic mass is 16.5. The van der Waals surface area contributed by atoms with Crippen LogP contribution in [0.1, 0.15) is 49.1 Å². The Balaban J connectivity index is 1.27. The number of nitrogens with zero attached hydrogens (tertiary/aromatic N) is 1. The highest BCUT2D eigenvalue weighted by Gasteiger charge is 2.31. The second-order valence-corrected chi connectivity index (χ2v) is 9.08. The van der Waals surface area contributed by atoms with Crippen LogP contribution in [0, 0.1) is 0 Å². The molecule has 2 aromatic rings. The van der Waals surface area contributed by atoms with Crippen LogP contribution < -0.4 is 5.32 Å². The van der Waals surface area contributed by atoms with E-state index in [-0.39, 0.29) is 43.9 Å². The number of hydrogen-bond acceptors (Lipinski definition) is 5. The summed E-state index contributed by atoms with van der Waals surface area (Å²) in [7, 11) is 1.50. The van der Waals surface area contributed by atoms with Crippen molar-refractivity contribution < 1.29 is 29.0 Å². The largest absolute Gasteiger partial charge is 0.481 e. The number of fused-ring (bicyclic) bond motifs is 3. The van der Waals surface area contributed by atoms with E-state index >= 15 is 0 Å². The average molecular weight is 481 g/mol. The molecule has 2 aliphatic rings. The first-order valence-corrected chi connectivity index (χ1v) is 12.1. The Morgan fingerprint density at radius 3 is 2.37 bits per heavy atom. The molecule has 0 radical (unpaired) electrons. The van der Waals surface area contributed by atoms with Crippen molar-refractivity contribution in [2.45, 2.75) is 50.2 Å². The molecule has 1 aliphatic heterocycles. The normalized spacial score (nSPS) is 17.5. The SMILES string of the molecule is COC(CNC(=O)OCC1c2ccccc2-c2ccccc21)CC(=O)N1CCCC1CCC(=O)O. The van der Waals surface area contributed by atoms with Gasteiger partial charge in [-0.1, -0.05) is 48.5 Å². The summed E-state index contributed by atoms with van der Waals surface area (Å²) in [5.74, 6) is -0.962. The molecule has 2 unspecified atom stereocenters. The minimum Gasteiger partial charge on any atom is -0.481 e. The number of hydrogen-bond donors (Lipinski definition) is 2. The molecule has 35 heavy (non-hydrogen) atoms. The molecule has 8 nitrogen and oxygen atoms in total. The molecule has 2 amide bonds. The van der Waals surface area contributed by atoms with Crippen LogP contribution in [-0.4, -0.2) is 66.9 Å². The summed E-state index contributed by atoms with van der Waals surface area (Å²) in [6.07, 6.45) is 1.25. The van der Waals surface area contributed by atoms with Gasteiger partial charge in [0.05, 0.1) is 12.5 Å². The Bertz CT molecular complexity index is 1030. The lowest BCUT2D eigenvalue weighted by molar-refractivity contribution is -0.139. The van der Waals surface area contributed by atoms with Crippen molar-refractivity contribution in [1.82, 2.24) is 10.2 Å². The van der Waals surface area contributed by atoms with Gasteiger partial charge in [0, 0.05) is 38.6 Å². The van der Waals surface area contributed by atoms with Crippen LogP contribution in [0.5, 0.6) is 0 Å². The summed E-state index contributed by atoms with van der Waals surface area (Å²) in [5.41, 5.74) is 4.62. The Labute approximate surface area is 205 Å². The summed E-state index contributed by atoms with van der Waals surface area (Å²) in [6.45, 7) is 0.987. The van der Waals surface area contributed by atoms with E-state index in [1.165, 1.54) is 18.2 Å². The standard InChI is InChI=1S/C27H32N2O6/c1-34-19(15-25(30)29-14-6-7-18(29)12-13-26(31)32)16-28-27(33)35-17-24-22-10-4-2-8-20(22)21-9-3-5-11-23(21)24/h2-5,8-11,18-19,24H,6-7,12-17H2,1H3,(H,28,33)(H,31,32). The summed E-state index contributed by atoms with van der Waals surface area (Å²) in [5, 5.41) is 11.7. The van der Waals surface area contributed by atoms with Crippen LogP contribution >= 0.6 is 0 Å². The number of likely N-dealkylation sites (tertiary alicyclic amines) is 1. The zero-order valence-corrected chi connectivity index (χ0v) is 19.9. The molecule has 2 aromatic carbocycles. The number of carbonyl (C=O) groups is 3. The summed E-state index contributed by atoms with van der Waals surface area (Å²) in [4.78, 5) is 37.9. The smallest absolute Gasteiger partial charge is 0.407 e. The van der Waals surface area contributed by atoms with Gasteiger partial charge >= 0.3 is 12.1 Å². The molecule has 1 aliphatic carbocycles. The number of carboxylic acid groups (broad SMARTS) is 1. The first kappa shape index (κ1) is 24.7. The van der Waals surface area contributed by atoms with Gasteiger partial charge in [-0.15, -0.1) is 0 Å². The number of methoxy groups -OCH3 is 1. The molecule has 1 saturated heterocycles. The molecule has 2 atom stereocenters. The number of rotatable bonds is 10. The molecule has 186 valence electrons. The maximum Gasteiger partial charge on any atom is 0.407 e. The van der Waals surface area contributed by atoms with Crippen molar-refractivity contribution in [2.75, 3.05) is 26.8 Å². The van der Waals surface area contributed by atoms with Crippen molar-refractivity contribution in [2.24, 2.45) is 0 Å². The summed E-state index contributed by atoms with van der Waals surface area (Å²) < 4.78 is 11.0. The lowest BCUT2D eigenvalue weighted by Gasteiger charge is -2.26. The Morgan fingerprint density at radius 1 is 1.09 bits per heavy atom. The minimum atomic E-state index is -0.855. The zero-order chi connectivity index (χ0) is 24.8. The Morgan fingerprint density at radius 2 is 1.74 bits per heavy atom. The van der Waals surface area contributed by atoms with Gasteiger partial charge in [-0.2, -0.15) is 0 Å². The van der Waals surface area contributed by atoms with E-state index in [2.05, 4.69) is 29.6 Å². The average Bonchev–Trinajstić information content (AvgIpc) is 3.46. The fourth-order valence-corrected chi connectivity index (χ4v) is 5.15. The molecular formula is C27H32N2O6. The molecule has 0 bridgehead atoms. The molecule has 0 aromatic heterocycles. The molecule has 4 rings (SSSR count). The van der Waals surface area contributed by atoms with Crippen LogP contribution in [0.25, 0.3) is 11.1 Å². The number of ether oxygens (including phenoxy) is 2. The van der Waals surface area contributed by atoms with Gasteiger partial charge in [-0.3, -0.25) is 9.59 Å². The maximum atomic E-state index is 12.8. The maximum absolute atomic E-state index is 12.8. The van der Waals surface area contributed by atoms with Gasteiger partial charge in [0.2, 0.25) is 5.91 Å².